The van der Waals surface area contributed by atoms with E-state index in [2.05, 4.69) is 27.1 Å². The molecule has 3 rings (SSSR count). The second kappa shape index (κ2) is 12.2. The molecule has 1 aromatic heterocycles. The van der Waals surface area contributed by atoms with E-state index in [0.717, 1.165) is 43.6 Å². The first kappa shape index (κ1) is 23.7. The highest BCUT2D eigenvalue weighted by molar-refractivity contribution is 6.30. The number of ether oxygens (including phenoxy) is 1. The number of carbonyl (C=O) groups excluding carboxylic acids is 1. The van der Waals surface area contributed by atoms with Gasteiger partial charge in [0.1, 0.15) is 11.6 Å². The van der Waals surface area contributed by atoms with Crippen molar-refractivity contribution >= 4 is 23.3 Å². The molecule has 2 N–H and O–H groups in total. The lowest BCUT2D eigenvalue weighted by atomic mass is 10.2. The first-order chi connectivity index (χ1) is 15.6. The van der Waals surface area contributed by atoms with Gasteiger partial charge in [-0.05, 0) is 49.7 Å². The molecule has 1 atom stereocenters. The van der Waals surface area contributed by atoms with Gasteiger partial charge >= 0.3 is 6.03 Å². The summed E-state index contributed by atoms with van der Waals surface area (Å²) in [5.41, 5.74) is 1.68. The number of hydrogen-bond acceptors (Lipinski definition) is 3. The predicted octanol–water partition coefficient (Wildman–Crippen LogP) is 6.37. The molecule has 0 aliphatic rings. The maximum absolute atomic E-state index is 12.2. The van der Waals surface area contributed by atoms with Crippen molar-refractivity contribution in [2.45, 2.75) is 52.2 Å². The van der Waals surface area contributed by atoms with Crippen LogP contribution in [-0.4, -0.2) is 28.2 Å². The molecular weight excluding hydrogens is 424 g/mol. The quantitative estimate of drug-likeness (QED) is 0.330. The fourth-order valence-corrected chi connectivity index (χ4v) is 3.49. The van der Waals surface area contributed by atoms with Gasteiger partial charge in [-0.15, -0.1) is 0 Å². The first-order valence-corrected chi connectivity index (χ1v) is 11.5. The van der Waals surface area contributed by atoms with Crippen LogP contribution in [-0.2, 0) is 6.54 Å². The summed E-state index contributed by atoms with van der Waals surface area (Å²) >= 11 is 6.00. The molecule has 7 heteroatoms. The van der Waals surface area contributed by atoms with Crippen molar-refractivity contribution in [3.05, 3.63) is 65.9 Å². The van der Waals surface area contributed by atoms with Crippen LogP contribution in [0.4, 0.5) is 10.5 Å². The number of anilines is 1. The summed E-state index contributed by atoms with van der Waals surface area (Å²) in [6.07, 6.45) is 7.71. The lowest BCUT2D eigenvalue weighted by Crippen LogP contribution is -2.29. The van der Waals surface area contributed by atoms with Crippen LogP contribution in [0.15, 0.2) is 60.9 Å². The fourth-order valence-electron chi connectivity index (χ4n) is 3.36. The van der Waals surface area contributed by atoms with E-state index in [-0.39, 0.29) is 12.1 Å². The van der Waals surface area contributed by atoms with Crippen molar-refractivity contribution in [3.8, 4) is 17.1 Å². The van der Waals surface area contributed by atoms with Crippen molar-refractivity contribution < 1.29 is 9.53 Å². The molecule has 0 bridgehead atoms. The Labute approximate surface area is 195 Å². The molecule has 2 aromatic carbocycles. The van der Waals surface area contributed by atoms with E-state index in [1.165, 1.54) is 0 Å². The van der Waals surface area contributed by atoms with Crippen LogP contribution >= 0.6 is 11.6 Å². The summed E-state index contributed by atoms with van der Waals surface area (Å²) in [4.78, 5) is 16.7. The standard InChI is InChI=1S/C25H31ClN4O2/c1-3-4-7-15-28-25(31)29-22-8-5-6-9-23(22)32-19(2)14-17-30-18-16-27-24(30)20-10-12-21(26)13-11-20/h5-6,8-13,16,18-19H,3-4,7,14-15,17H2,1-2H3,(H2,28,29,31). The number of halogens is 1. The average molecular weight is 455 g/mol. The molecule has 3 aromatic rings. The van der Waals surface area contributed by atoms with Crippen LogP contribution in [0.2, 0.25) is 5.02 Å². The third kappa shape index (κ3) is 7.02. The average Bonchev–Trinajstić information content (AvgIpc) is 3.26. The van der Waals surface area contributed by atoms with Crippen LogP contribution in [0.1, 0.15) is 39.5 Å². The monoisotopic (exact) mass is 454 g/mol. The van der Waals surface area contributed by atoms with E-state index in [0.29, 0.717) is 23.0 Å². The maximum Gasteiger partial charge on any atom is 0.319 e. The Kier molecular flexibility index (Phi) is 8.99. The van der Waals surface area contributed by atoms with Gasteiger partial charge in [-0.2, -0.15) is 0 Å². The molecule has 0 fully saturated rings. The largest absolute Gasteiger partial charge is 0.488 e. The molecule has 0 saturated heterocycles. The third-order valence-corrected chi connectivity index (χ3v) is 5.38. The Morgan fingerprint density at radius 2 is 1.94 bits per heavy atom. The molecule has 0 aliphatic heterocycles. The van der Waals surface area contributed by atoms with Gasteiger partial charge in [0.25, 0.3) is 0 Å². The molecule has 0 radical (unpaired) electrons. The number of benzene rings is 2. The summed E-state index contributed by atoms with van der Waals surface area (Å²) in [6.45, 7) is 5.59. The second-order valence-corrected chi connectivity index (χ2v) is 8.19. The Bertz CT molecular complexity index is 988. The molecule has 0 aliphatic carbocycles. The topological polar surface area (TPSA) is 68.2 Å². The predicted molar refractivity (Wildman–Crippen MR) is 130 cm³/mol. The normalized spacial score (nSPS) is 11.7. The zero-order valence-corrected chi connectivity index (χ0v) is 19.4. The number of unbranched alkanes of at least 4 members (excludes halogenated alkanes) is 2. The molecule has 32 heavy (non-hydrogen) atoms. The van der Waals surface area contributed by atoms with E-state index < -0.39 is 0 Å². The maximum atomic E-state index is 12.2. The molecule has 170 valence electrons. The Morgan fingerprint density at radius 3 is 2.72 bits per heavy atom. The van der Waals surface area contributed by atoms with Gasteiger partial charge in [0.15, 0.2) is 0 Å². The Hall–Kier alpha value is -2.99. The summed E-state index contributed by atoms with van der Waals surface area (Å²) < 4.78 is 8.26. The third-order valence-electron chi connectivity index (χ3n) is 5.12. The van der Waals surface area contributed by atoms with Crippen molar-refractivity contribution in [3.63, 3.8) is 0 Å². The number of amides is 2. The number of imidazole rings is 1. The van der Waals surface area contributed by atoms with E-state index in [4.69, 9.17) is 16.3 Å². The zero-order chi connectivity index (χ0) is 22.8. The first-order valence-electron chi connectivity index (χ1n) is 11.1. The lowest BCUT2D eigenvalue weighted by molar-refractivity contribution is 0.205. The number of rotatable bonds is 11. The van der Waals surface area contributed by atoms with Gasteiger partial charge in [-0.1, -0.05) is 43.5 Å². The van der Waals surface area contributed by atoms with Crippen LogP contribution in [0.3, 0.4) is 0 Å². The summed E-state index contributed by atoms with van der Waals surface area (Å²) in [5, 5.41) is 6.49. The van der Waals surface area contributed by atoms with Gasteiger partial charge < -0.3 is 19.9 Å². The Balaban J connectivity index is 1.55. The number of urea groups is 1. The SMILES string of the molecule is CCCCCNC(=O)Nc1ccccc1OC(C)CCn1ccnc1-c1ccc(Cl)cc1. The molecular formula is C25H31ClN4O2. The summed E-state index contributed by atoms with van der Waals surface area (Å²) in [6, 6.07) is 15.0. The van der Waals surface area contributed by atoms with Crippen LogP contribution in [0.25, 0.3) is 11.4 Å². The van der Waals surface area contributed by atoms with Gasteiger partial charge in [-0.3, -0.25) is 0 Å². The molecule has 6 nitrogen and oxygen atoms in total. The van der Waals surface area contributed by atoms with Crippen molar-refractivity contribution in [2.75, 3.05) is 11.9 Å². The smallest absolute Gasteiger partial charge is 0.319 e. The van der Waals surface area contributed by atoms with E-state index in [1.54, 1.807) is 6.20 Å². The molecule has 0 saturated carbocycles. The summed E-state index contributed by atoms with van der Waals surface area (Å²) in [7, 11) is 0. The minimum Gasteiger partial charge on any atom is -0.488 e. The number of carbonyl (C=O) groups is 1. The van der Waals surface area contributed by atoms with Crippen LogP contribution in [0, 0.1) is 0 Å². The number of nitrogens with one attached hydrogen (secondary N) is 2. The van der Waals surface area contributed by atoms with Crippen LogP contribution < -0.4 is 15.4 Å². The van der Waals surface area contributed by atoms with Crippen LogP contribution in [0.5, 0.6) is 5.75 Å². The van der Waals surface area contributed by atoms with Gasteiger partial charge in [0, 0.05) is 42.5 Å². The highest BCUT2D eigenvalue weighted by Gasteiger charge is 2.12. The highest BCUT2D eigenvalue weighted by atomic mass is 35.5. The second-order valence-electron chi connectivity index (χ2n) is 7.75. The van der Waals surface area contributed by atoms with Crippen molar-refractivity contribution in [2.24, 2.45) is 0 Å². The van der Waals surface area contributed by atoms with E-state index in [9.17, 15) is 4.79 Å². The minimum absolute atomic E-state index is 0.0500. The van der Waals surface area contributed by atoms with E-state index in [1.807, 2.05) is 61.7 Å². The number of para-hydroxylation sites is 2. The number of aromatic nitrogens is 2. The van der Waals surface area contributed by atoms with Gasteiger partial charge in [0.2, 0.25) is 0 Å². The minimum atomic E-state index is -0.212. The van der Waals surface area contributed by atoms with Crippen molar-refractivity contribution in [1.29, 1.82) is 0 Å². The summed E-state index contributed by atoms with van der Waals surface area (Å²) in [5.74, 6) is 1.56. The molecule has 1 unspecified atom stereocenters. The molecule has 2 amide bonds. The highest BCUT2D eigenvalue weighted by Crippen LogP contribution is 2.26. The zero-order valence-electron chi connectivity index (χ0n) is 18.7. The van der Waals surface area contributed by atoms with Crippen molar-refractivity contribution in [1.82, 2.24) is 14.9 Å². The fraction of sp³-hybridized carbons (Fsp3) is 0.360. The molecule has 1 heterocycles. The number of aryl methyl sites for hydroxylation is 1. The number of nitrogens with zero attached hydrogens (tertiary/aromatic N) is 2. The lowest BCUT2D eigenvalue weighted by Gasteiger charge is -2.19. The van der Waals surface area contributed by atoms with Gasteiger partial charge in [0.05, 0.1) is 11.8 Å². The Morgan fingerprint density at radius 1 is 1.16 bits per heavy atom. The number of hydrogen-bond donors (Lipinski definition) is 2. The van der Waals surface area contributed by atoms with E-state index >= 15 is 0 Å². The molecule has 0 spiro atoms. The van der Waals surface area contributed by atoms with Gasteiger partial charge in [-0.25, -0.2) is 9.78 Å².